The van der Waals surface area contributed by atoms with Crippen LogP contribution in [0.5, 0.6) is 0 Å². The molecule has 2 unspecified atom stereocenters. The highest BCUT2D eigenvalue weighted by Crippen LogP contribution is 2.13. The molecule has 0 spiro atoms. The van der Waals surface area contributed by atoms with Crippen LogP contribution in [0, 0.1) is 0 Å². The molecule has 0 aromatic heterocycles. The Morgan fingerprint density at radius 1 is 0.620 bits per heavy atom. The van der Waals surface area contributed by atoms with Gasteiger partial charge < -0.3 is 23.8 Å². The summed E-state index contributed by atoms with van der Waals surface area (Å²) in [4.78, 5) is 36.7. The summed E-state index contributed by atoms with van der Waals surface area (Å²) < 4.78 is 17.1. The van der Waals surface area contributed by atoms with Gasteiger partial charge in [-0.15, -0.1) is 0 Å². The van der Waals surface area contributed by atoms with E-state index in [9.17, 15) is 19.5 Å². The molecule has 1 N–H and O–H groups in total. The average Bonchev–Trinajstić information content (AvgIpc) is 3.06. The van der Waals surface area contributed by atoms with Crippen LogP contribution in [0.15, 0.2) is 36.5 Å². The molecular weight excluding hydrogens is 630 g/mol. The fourth-order valence-corrected chi connectivity index (χ4v) is 5.65. The quantitative estimate of drug-likeness (QED) is 0.0303. The third-order valence-electron chi connectivity index (χ3n) is 8.77. The SMILES string of the molecule is CC/C=C/C/C=C/CCCCC(=O)OC(COCCC(C(=O)O)[N+](C)(C)C)COC(=O)CCCCCCCCC/C=C/CCCCCCCC. The Morgan fingerprint density at radius 2 is 1.12 bits per heavy atom. The normalized spacial score (nSPS) is 13.4. The van der Waals surface area contributed by atoms with Crippen molar-refractivity contribution in [1.82, 2.24) is 0 Å². The molecule has 290 valence electrons. The van der Waals surface area contributed by atoms with E-state index in [2.05, 4.69) is 50.3 Å². The van der Waals surface area contributed by atoms with Crippen molar-refractivity contribution in [2.45, 2.75) is 174 Å². The van der Waals surface area contributed by atoms with E-state index < -0.39 is 18.1 Å². The summed E-state index contributed by atoms with van der Waals surface area (Å²) in [5.74, 6) is -1.52. The molecule has 0 aliphatic heterocycles. The van der Waals surface area contributed by atoms with Crippen LogP contribution in [0.3, 0.4) is 0 Å². The largest absolute Gasteiger partial charge is 0.477 e. The van der Waals surface area contributed by atoms with Crippen molar-refractivity contribution >= 4 is 17.9 Å². The zero-order chi connectivity index (χ0) is 37.1. The minimum Gasteiger partial charge on any atom is -0.477 e. The summed E-state index contributed by atoms with van der Waals surface area (Å²) in [6.07, 6.45) is 36.3. The lowest BCUT2D eigenvalue weighted by Crippen LogP contribution is -2.50. The van der Waals surface area contributed by atoms with E-state index in [1.165, 1.54) is 77.0 Å². The summed E-state index contributed by atoms with van der Waals surface area (Å²) in [7, 11) is 5.50. The number of likely N-dealkylation sites (N-methyl/N-ethyl adjacent to an activating group) is 1. The number of allylic oxidation sites excluding steroid dienone is 6. The van der Waals surface area contributed by atoms with Gasteiger partial charge in [-0.2, -0.15) is 0 Å². The second kappa shape index (κ2) is 33.7. The molecule has 0 aliphatic rings. The van der Waals surface area contributed by atoms with Crippen molar-refractivity contribution in [2.24, 2.45) is 0 Å². The molecule has 8 heteroatoms. The van der Waals surface area contributed by atoms with Crippen LogP contribution in [-0.2, 0) is 28.6 Å². The Morgan fingerprint density at radius 3 is 1.70 bits per heavy atom. The molecule has 0 rings (SSSR count). The first-order chi connectivity index (χ1) is 24.1. The Labute approximate surface area is 306 Å². The maximum Gasteiger partial charge on any atom is 0.362 e. The van der Waals surface area contributed by atoms with Crippen LogP contribution in [0.25, 0.3) is 0 Å². The van der Waals surface area contributed by atoms with Crippen molar-refractivity contribution in [1.29, 1.82) is 0 Å². The number of aliphatic carboxylic acids is 1. The van der Waals surface area contributed by atoms with Crippen LogP contribution in [0.4, 0.5) is 0 Å². The Balaban J connectivity index is 4.34. The molecule has 0 aliphatic carbocycles. The van der Waals surface area contributed by atoms with E-state index in [0.29, 0.717) is 19.3 Å². The summed E-state index contributed by atoms with van der Waals surface area (Å²) in [6, 6.07) is -0.618. The molecule has 0 aromatic carbocycles. The number of rotatable bonds is 35. The number of quaternary nitrogens is 1. The number of hydrogen-bond acceptors (Lipinski definition) is 6. The summed E-state index contributed by atoms with van der Waals surface area (Å²) in [5, 5.41) is 9.57. The molecule has 0 bridgehead atoms. The van der Waals surface area contributed by atoms with Crippen molar-refractivity contribution in [3.05, 3.63) is 36.5 Å². The molecule has 50 heavy (non-hydrogen) atoms. The summed E-state index contributed by atoms with van der Waals surface area (Å²) in [6.45, 7) is 4.55. The van der Waals surface area contributed by atoms with Gasteiger partial charge in [0.25, 0.3) is 0 Å². The van der Waals surface area contributed by atoms with Crippen LogP contribution in [0.2, 0.25) is 0 Å². The maximum absolute atomic E-state index is 12.6. The molecule has 0 radical (unpaired) electrons. The topological polar surface area (TPSA) is 99.1 Å². The monoisotopic (exact) mass is 707 g/mol. The molecule has 0 saturated heterocycles. The van der Waals surface area contributed by atoms with Gasteiger partial charge in [0.2, 0.25) is 0 Å². The standard InChI is InChI=1S/C42H75NO7/c1-6-8-10-12-14-16-17-18-19-20-21-22-23-25-26-28-30-32-40(44)49-37-38(36-48-35-34-39(42(46)47)43(3,4)5)50-41(45)33-31-29-27-24-15-13-11-9-7-2/h9,11,15,18-19,24,38-39H,6-8,10,12-14,16-17,20-23,25-37H2,1-5H3/p+1/b11-9+,19-18+,24-15+. The second-order valence-electron chi connectivity index (χ2n) is 14.5. The highest BCUT2D eigenvalue weighted by molar-refractivity contribution is 5.72. The van der Waals surface area contributed by atoms with Gasteiger partial charge in [-0.25, -0.2) is 4.79 Å². The molecular formula is C42H76NO7+. The Hall–Kier alpha value is -2.45. The van der Waals surface area contributed by atoms with E-state index in [0.717, 1.165) is 44.9 Å². The van der Waals surface area contributed by atoms with E-state index >= 15 is 0 Å². The van der Waals surface area contributed by atoms with Gasteiger partial charge in [0.15, 0.2) is 12.1 Å². The molecule has 0 aromatic rings. The van der Waals surface area contributed by atoms with Crippen molar-refractivity contribution in [3.8, 4) is 0 Å². The van der Waals surface area contributed by atoms with E-state index in [1.807, 2.05) is 21.1 Å². The van der Waals surface area contributed by atoms with Crippen LogP contribution >= 0.6 is 0 Å². The third-order valence-corrected chi connectivity index (χ3v) is 8.77. The van der Waals surface area contributed by atoms with Crippen LogP contribution < -0.4 is 0 Å². The Bertz CT molecular complexity index is 922. The number of carbonyl (C=O) groups excluding carboxylic acids is 2. The summed E-state index contributed by atoms with van der Waals surface area (Å²) >= 11 is 0. The highest BCUT2D eigenvalue weighted by atomic mass is 16.6. The predicted molar refractivity (Wildman–Crippen MR) is 206 cm³/mol. The number of unbranched alkanes of at least 4 members (excludes halogenated alkanes) is 15. The summed E-state index contributed by atoms with van der Waals surface area (Å²) in [5.41, 5.74) is 0. The molecule has 0 saturated carbocycles. The number of carbonyl (C=O) groups is 3. The van der Waals surface area contributed by atoms with Gasteiger partial charge in [0.1, 0.15) is 6.61 Å². The number of nitrogens with zero attached hydrogens (tertiary/aromatic N) is 1. The van der Waals surface area contributed by atoms with Gasteiger partial charge in [0, 0.05) is 19.3 Å². The highest BCUT2D eigenvalue weighted by Gasteiger charge is 2.31. The third kappa shape index (κ3) is 31.5. The first-order valence-electron chi connectivity index (χ1n) is 20.0. The van der Waals surface area contributed by atoms with E-state index in [1.54, 1.807) is 0 Å². The van der Waals surface area contributed by atoms with Crippen molar-refractivity contribution in [3.63, 3.8) is 0 Å². The number of esters is 2. The van der Waals surface area contributed by atoms with Crippen molar-refractivity contribution in [2.75, 3.05) is 41.0 Å². The first-order valence-corrected chi connectivity index (χ1v) is 20.0. The lowest BCUT2D eigenvalue weighted by molar-refractivity contribution is -0.887. The predicted octanol–water partition coefficient (Wildman–Crippen LogP) is 10.3. The smallest absolute Gasteiger partial charge is 0.362 e. The number of carboxylic acids is 1. The zero-order valence-electron chi connectivity index (χ0n) is 32.8. The maximum atomic E-state index is 12.6. The fourth-order valence-electron chi connectivity index (χ4n) is 5.65. The first kappa shape index (κ1) is 47.5. The van der Waals surface area contributed by atoms with Gasteiger partial charge in [-0.1, -0.05) is 115 Å². The minimum atomic E-state index is -0.882. The number of ether oxygens (including phenoxy) is 3. The average molecular weight is 707 g/mol. The molecule has 0 fully saturated rings. The van der Waals surface area contributed by atoms with E-state index in [4.69, 9.17) is 14.2 Å². The van der Waals surface area contributed by atoms with Gasteiger partial charge in [-0.3, -0.25) is 9.59 Å². The number of carboxylic acid groups (broad SMARTS) is 1. The Kier molecular flexibility index (Phi) is 32.0. The number of hydrogen-bond donors (Lipinski definition) is 1. The minimum absolute atomic E-state index is 0.0471. The van der Waals surface area contributed by atoms with Crippen molar-refractivity contribution < 1.29 is 38.2 Å². The van der Waals surface area contributed by atoms with Crippen LogP contribution in [-0.4, -0.2) is 80.6 Å². The van der Waals surface area contributed by atoms with Gasteiger partial charge >= 0.3 is 17.9 Å². The lowest BCUT2D eigenvalue weighted by Gasteiger charge is -2.31. The van der Waals surface area contributed by atoms with Gasteiger partial charge in [0.05, 0.1) is 34.4 Å². The molecule has 2 atom stereocenters. The van der Waals surface area contributed by atoms with Crippen LogP contribution in [0.1, 0.15) is 162 Å². The fraction of sp³-hybridized carbons (Fsp3) is 0.786. The molecule has 0 amide bonds. The zero-order valence-corrected chi connectivity index (χ0v) is 32.8. The van der Waals surface area contributed by atoms with E-state index in [-0.39, 0.29) is 42.7 Å². The second-order valence-corrected chi connectivity index (χ2v) is 14.5. The molecule has 0 heterocycles. The lowest BCUT2D eigenvalue weighted by atomic mass is 10.1. The van der Waals surface area contributed by atoms with Gasteiger partial charge in [-0.05, 0) is 64.2 Å². The molecule has 8 nitrogen and oxygen atoms in total.